The van der Waals surface area contributed by atoms with Gasteiger partial charge in [0, 0.05) is 24.8 Å². The Kier molecular flexibility index (Phi) is 7.99. The first-order valence-electron chi connectivity index (χ1n) is 12.6. The third-order valence-electron chi connectivity index (χ3n) is 6.96. The number of hydrogen-bond donors (Lipinski definition) is 2. The summed E-state index contributed by atoms with van der Waals surface area (Å²) in [6.07, 6.45) is 1.40. The van der Waals surface area contributed by atoms with Gasteiger partial charge < -0.3 is 16.4 Å². The van der Waals surface area contributed by atoms with Crippen molar-refractivity contribution in [2.45, 2.75) is 57.8 Å². The number of aromatic nitrogens is 4. The number of likely N-dealkylation sites (tertiary alicyclic amines) is 1. The molecule has 2 aromatic heterocycles. The van der Waals surface area contributed by atoms with Crippen molar-refractivity contribution in [1.82, 2.24) is 24.5 Å². The molecule has 1 atom stereocenters. The zero-order chi connectivity index (χ0) is 28.3. The number of alkyl halides is 3. The van der Waals surface area contributed by atoms with E-state index in [2.05, 4.69) is 22.0 Å². The highest BCUT2D eigenvalue weighted by Crippen LogP contribution is 2.34. The molecule has 3 aromatic rings. The van der Waals surface area contributed by atoms with Gasteiger partial charge in [-0.15, -0.1) is 0 Å². The van der Waals surface area contributed by atoms with Crippen LogP contribution in [0.5, 0.6) is 0 Å². The van der Waals surface area contributed by atoms with Gasteiger partial charge in [-0.3, -0.25) is 14.3 Å². The second-order valence-corrected chi connectivity index (χ2v) is 9.53. The molecule has 4 N–H and O–H groups in total. The molecule has 3 heterocycles. The van der Waals surface area contributed by atoms with Gasteiger partial charge in [-0.25, -0.2) is 4.68 Å². The van der Waals surface area contributed by atoms with E-state index in [9.17, 15) is 22.8 Å². The number of rotatable bonds is 5. The molecule has 12 heteroatoms. The smallest absolute Gasteiger partial charge is 0.383 e. The lowest BCUT2D eigenvalue weighted by Gasteiger charge is -2.27. The summed E-state index contributed by atoms with van der Waals surface area (Å²) in [5, 5.41) is 8.98. The van der Waals surface area contributed by atoms with Crippen molar-refractivity contribution in [1.29, 1.82) is 0 Å². The molecule has 0 bridgehead atoms. The Morgan fingerprint density at radius 2 is 1.87 bits per heavy atom. The number of nitrogens with two attached hydrogens (primary N) is 2. The van der Waals surface area contributed by atoms with Crippen LogP contribution >= 0.6 is 0 Å². The molecule has 1 aliphatic rings. The van der Waals surface area contributed by atoms with Gasteiger partial charge in [0.1, 0.15) is 17.1 Å². The summed E-state index contributed by atoms with van der Waals surface area (Å²) in [7, 11) is 0. The van der Waals surface area contributed by atoms with Crippen molar-refractivity contribution in [3.63, 3.8) is 0 Å². The van der Waals surface area contributed by atoms with E-state index >= 15 is 0 Å². The average Bonchev–Trinajstić information content (AvgIpc) is 3.48. The fraction of sp³-hybridized carbons (Fsp3) is 0.407. The van der Waals surface area contributed by atoms with Crippen LogP contribution in [0.1, 0.15) is 73.1 Å². The number of hydrogen-bond acceptors (Lipinski definition) is 5. The standard InChI is InChI=1S/C27H30F3N7O2/c1-3-7-22(38)35-12-5-10-21(11-6-13-35)37-25(31)23(26(32)39)24(34-37)19-15-33-36(16-19)17(2)18-8-4-9-20(14-18)27(28,29)30/h4,8-9,14-17,21H,5-6,10-13,31H2,1-2H3,(H2,32,39)/t17-/m1/s1. The van der Waals surface area contributed by atoms with Gasteiger partial charge in [0.05, 0.1) is 23.8 Å². The second-order valence-electron chi connectivity index (χ2n) is 9.53. The minimum atomic E-state index is -4.46. The van der Waals surface area contributed by atoms with E-state index in [1.165, 1.54) is 16.9 Å². The van der Waals surface area contributed by atoms with E-state index in [0.717, 1.165) is 12.1 Å². The molecule has 0 aliphatic carbocycles. The lowest BCUT2D eigenvalue weighted by molar-refractivity contribution is -0.137. The maximum atomic E-state index is 13.2. The molecule has 0 radical (unpaired) electrons. The van der Waals surface area contributed by atoms with Crippen LogP contribution in [-0.4, -0.2) is 49.4 Å². The molecule has 2 amide bonds. The fourth-order valence-corrected chi connectivity index (χ4v) is 4.90. The monoisotopic (exact) mass is 541 g/mol. The summed E-state index contributed by atoms with van der Waals surface area (Å²) in [5.41, 5.74) is 12.5. The minimum absolute atomic E-state index is 0.0679. The maximum Gasteiger partial charge on any atom is 0.416 e. The average molecular weight is 542 g/mol. The normalized spacial score (nSPS) is 15.7. The maximum absolute atomic E-state index is 13.2. The van der Waals surface area contributed by atoms with E-state index in [1.807, 2.05) is 0 Å². The molecule has 1 aromatic carbocycles. The Labute approximate surface area is 223 Å². The molecule has 0 unspecified atom stereocenters. The van der Waals surface area contributed by atoms with Crippen LogP contribution in [0.25, 0.3) is 11.3 Å². The number of halogens is 3. The Bertz CT molecular complexity index is 1420. The number of anilines is 1. The first-order valence-corrected chi connectivity index (χ1v) is 12.6. The molecular formula is C27H30F3N7O2. The number of benzene rings is 1. The summed E-state index contributed by atoms with van der Waals surface area (Å²) in [4.78, 5) is 26.3. The van der Waals surface area contributed by atoms with Crippen LogP contribution in [0.4, 0.5) is 19.0 Å². The highest BCUT2D eigenvalue weighted by atomic mass is 19.4. The van der Waals surface area contributed by atoms with Gasteiger partial charge in [0.15, 0.2) is 0 Å². The zero-order valence-electron chi connectivity index (χ0n) is 21.7. The Hall–Kier alpha value is -4.27. The van der Waals surface area contributed by atoms with Crippen LogP contribution in [0.15, 0.2) is 36.7 Å². The predicted octanol–water partition coefficient (Wildman–Crippen LogP) is 4.02. The van der Waals surface area contributed by atoms with Crippen LogP contribution in [-0.2, 0) is 11.0 Å². The number of nitrogen functional groups attached to an aromatic ring is 1. The zero-order valence-corrected chi connectivity index (χ0v) is 21.7. The van der Waals surface area contributed by atoms with E-state index in [0.29, 0.717) is 49.9 Å². The number of carbonyl (C=O) groups excluding carboxylic acids is 2. The summed E-state index contributed by atoms with van der Waals surface area (Å²) < 4.78 is 42.7. The van der Waals surface area contributed by atoms with Crippen molar-refractivity contribution in [2.24, 2.45) is 5.73 Å². The van der Waals surface area contributed by atoms with Gasteiger partial charge in [0.25, 0.3) is 11.8 Å². The van der Waals surface area contributed by atoms with Crippen LogP contribution in [0.3, 0.4) is 0 Å². The molecule has 39 heavy (non-hydrogen) atoms. The van der Waals surface area contributed by atoms with Crippen molar-refractivity contribution >= 4 is 17.6 Å². The number of amides is 2. The van der Waals surface area contributed by atoms with Gasteiger partial charge in [-0.05, 0) is 63.1 Å². The third kappa shape index (κ3) is 5.92. The quantitative estimate of drug-likeness (QED) is 0.472. The lowest BCUT2D eigenvalue weighted by Crippen LogP contribution is -2.34. The second kappa shape index (κ2) is 11.2. The summed E-state index contributed by atoms with van der Waals surface area (Å²) in [5.74, 6) is 4.43. The van der Waals surface area contributed by atoms with Crippen molar-refractivity contribution in [3.05, 3.63) is 53.3 Å². The van der Waals surface area contributed by atoms with Gasteiger partial charge in [0.2, 0.25) is 0 Å². The summed E-state index contributed by atoms with van der Waals surface area (Å²) in [6, 6.07) is 4.43. The van der Waals surface area contributed by atoms with Crippen molar-refractivity contribution in [3.8, 4) is 23.1 Å². The Morgan fingerprint density at radius 1 is 1.18 bits per heavy atom. The molecule has 4 rings (SSSR count). The Morgan fingerprint density at radius 3 is 2.49 bits per heavy atom. The highest BCUT2D eigenvalue weighted by molar-refractivity contribution is 6.03. The topological polar surface area (TPSA) is 125 Å². The SMILES string of the molecule is CC#CC(=O)N1CCCC(n2nc(-c3cnn([C@H](C)c4cccc(C(F)(F)F)c4)c3)c(C(N)=O)c2N)CCC1. The molecule has 9 nitrogen and oxygen atoms in total. The van der Waals surface area contributed by atoms with Crippen LogP contribution in [0, 0.1) is 11.8 Å². The number of nitrogens with zero attached hydrogens (tertiary/aromatic N) is 5. The minimum Gasteiger partial charge on any atom is -0.383 e. The van der Waals surface area contributed by atoms with E-state index in [-0.39, 0.29) is 29.0 Å². The largest absolute Gasteiger partial charge is 0.416 e. The van der Waals surface area contributed by atoms with Crippen molar-refractivity contribution < 1.29 is 22.8 Å². The van der Waals surface area contributed by atoms with E-state index < -0.39 is 23.7 Å². The number of primary amides is 1. The van der Waals surface area contributed by atoms with Gasteiger partial charge in [-0.1, -0.05) is 18.1 Å². The first kappa shape index (κ1) is 27.8. The molecule has 0 spiro atoms. The van der Waals surface area contributed by atoms with Crippen LogP contribution < -0.4 is 11.5 Å². The predicted molar refractivity (Wildman–Crippen MR) is 139 cm³/mol. The molecule has 1 fully saturated rings. The van der Waals surface area contributed by atoms with Gasteiger partial charge in [-0.2, -0.15) is 23.4 Å². The third-order valence-corrected chi connectivity index (χ3v) is 6.96. The highest BCUT2D eigenvalue weighted by Gasteiger charge is 2.31. The van der Waals surface area contributed by atoms with Crippen LogP contribution in [0.2, 0.25) is 0 Å². The molecule has 206 valence electrons. The summed E-state index contributed by atoms with van der Waals surface area (Å²) in [6.45, 7) is 4.47. The first-order chi connectivity index (χ1) is 18.5. The van der Waals surface area contributed by atoms with E-state index in [1.54, 1.807) is 35.7 Å². The molecule has 1 saturated heterocycles. The molecule has 0 saturated carbocycles. The summed E-state index contributed by atoms with van der Waals surface area (Å²) >= 11 is 0. The Balaban J connectivity index is 1.60. The van der Waals surface area contributed by atoms with E-state index in [4.69, 9.17) is 11.5 Å². The molecule has 1 aliphatic heterocycles. The number of carbonyl (C=O) groups is 2. The molecular weight excluding hydrogens is 511 g/mol. The fourth-order valence-electron chi connectivity index (χ4n) is 4.90. The van der Waals surface area contributed by atoms with Gasteiger partial charge >= 0.3 is 6.18 Å². The lowest BCUT2D eigenvalue weighted by atomic mass is 10.0. The van der Waals surface area contributed by atoms with Crippen molar-refractivity contribution in [2.75, 3.05) is 18.8 Å².